The Bertz CT molecular complexity index is 1070. The predicted molar refractivity (Wildman–Crippen MR) is 112 cm³/mol. The lowest BCUT2D eigenvalue weighted by molar-refractivity contribution is -0.306. The van der Waals surface area contributed by atoms with Crippen molar-refractivity contribution in [2.45, 2.75) is 24.8 Å². The van der Waals surface area contributed by atoms with Crippen molar-refractivity contribution >= 4 is 12.1 Å². The van der Waals surface area contributed by atoms with E-state index in [9.17, 15) is 19.1 Å². The van der Waals surface area contributed by atoms with Gasteiger partial charge in [0.05, 0.1) is 0 Å². The van der Waals surface area contributed by atoms with Crippen molar-refractivity contribution in [3.63, 3.8) is 0 Å². The quantitative estimate of drug-likeness (QED) is 0.638. The second-order valence-electron chi connectivity index (χ2n) is 7.58. The molecule has 1 N–H and O–H groups in total. The number of carboxylic acid groups (broad SMARTS) is 1. The van der Waals surface area contributed by atoms with E-state index < -0.39 is 30.3 Å². The monoisotopic (exact) mass is 418 g/mol. The lowest BCUT2D eigenvalue weighted by Crippen LogP contribution is -2.41. The Hall–Kier alpha value is -3.67. The smallest absolute Gasteiger partial charge is 0.407 e. The lowest BCUT2D eigenvalue weighted by Gasteiger charge is -2.20. The minimum Gasteiger partial charge on any atom is -0.550 e. The number of alkyl carbamates (subject to hydrolysis) is 1. The normalized spacial score (nSPS) is 13.2. The molecule has 0 aliphatic heterocycles. The Kier molecular flexibility index (Phi) is 5.98. The molecular formula is C25H21FNO4-. The highest BCUT2D eigenvalue weighted by Gasteiger charge is 2.29. The molecule has 0 spiro atoms. The summed E-state index contributed by atoms with van der Waals surface area (Å²) in [5.41, 5.74) is 4.98. The van der Waals surface area contributed by atoms with Crippen molar-refractivity contribution in [2.75, 3.05) is 6.61 Å². The van der Waals surface area contributed by atoms with Crippen LogP contribution in [0, 0.1) is 5.82 Å². The van der Waals surface area contributed by atoms with Crippen LogP contribution in [0.25, 0.3) is 11.1 Å². The Labute approximate surface area is 179 Å². The predicted octanol–water partition coefficient (Wildman–Crippen LogP) is 3.42. The van der Waals surface area contributed by atoms with E-state index in [-0.39, 0.29) is 18.9 Å². The van der Waals surface area contributed by atoms with Gasteiger partial charge in [-0.15, -0.1) is 0 Å². The molecule has 31 heavy (non-hydrogen) atoms. The fourth-order valence-corrected chi connectivity index (χ4v) is 4.13. The zero-order valence-corrected chi connectivity index (χ0v) is 16.7. The van der Waals surface area contributed by atoms with E-state index >= 15 is 0 Å². The highest BCUT2D eigenvalue weighted by molar-refractivity contribution is 5.79. The minimum absolute atomic E-state index is 0.0963. The van der Waals surface area contributed by atoms with Gasteiger partial charge >= 0.3 is 6.09 Å². The number of carbonyl (C=O) groups is 2. The molecule has 0 saturated heterocycles. The zero-order valence-electron chi connectivity index (χ0n) is 16.7. The number of ether oxygens (including phenoxy) is 1. The third kappa shape index (κ3) is 4.74. The maximum atomic E-state index is 13.4. The second-order valence-corrected chi connectivity index (χ2v) is 7.58. The average molecular weight is 418 g/mol. The molecule has 1 aliphatic carbocycles. The van der Waals surface area contributed by atoms with E-state index in [1.165, 1.54) is 18.2 Å². The van der Waals surface area contributed by atoms with Crippen LogP contribution in [-0.4, -0.2) is 24.7 Å². The number of nitrogens with one attached hydrogen (secondary N) is 1. The molecule has 0 heterocycles. The number of fused-ring (bicyclic) bond motifs is 3. The van der Waals surface area contributed by atoms with Gasteiger partial charge in [-0.2, -0.15) is 0 Å². The molecule has 158 valence electrons. The zero-order chi connectivity index (χ0) is 21.8. The SMILES string of the molecule is O=C([O-])C[C@H](Cc1cccc(F)c1)NC(=O)OCC1c2ccccc2-c2ccccc21. The molecule has 0 bridgehead atoms. The largest absolute Gasteiger partial charge is 0.550 e. The fourth-order valence-electron chi connectivity index (χ4n) is 4.13. The van der Waals surface area contributed by atoms with Crippen LogP contribution in [-0.2, 0) is 16.0 Å². The highest BCUT2D eigenvalue weighted by Crippen LogP contribution is 2.44. The number of benzene rings is 3. The molecule has 1 atom stereocenters. The first kappa shape index (κ1) is 20.6. The van der Waals surface area contributed by atoms with Crippen molar-refractivity contribution in [1.29, 1.82) is 0 Å². The van der Waals surface area contributed by atoms with Gasteiger partial charge in [-0.1, -0.05) is 60.7 Å². The summed E-state index contributed by atoms with van der Waals surface area (Å²) in [4.78, 5) is 23.6. The van der Waals surface area contributed by atoms with Crippen LogP contribution in [0.3, 0.4) is 0 Å². The van der Waals surface area contributed by atoms with Gasteiger partial charge in [-0.25, -0.2) is 9.18 Å². The van der Waals surface area contributed by atoms with Crippen LogP contribution in [0.15, 0.2) is 72.8 Å². The molecule has 0 saturated carbocycles. The van der Waals surface area contributed by atoms with E-state index in [4.69, 9.17) is 4.74 Å². The third-order valence-electron chi connectivity index (χ3n) is 5.45. The maximum absolute atomic E-state index is 13.4. The number of carboxylic acids is 1. The van der Waals surface area contributed by atoms with Gasteiger partial charge in [0.1, 0.15) is 12.4 Å². The maximum Gasteiger partial charge on any atom is 0.407 e. The van der Waals surface area contributed by atoms with Crippen molar-refractivity contribution in [2.24, 2.45) is 0 Å². The van der Waals surface area contributed by atoms with Crippen LogP contribution in [0.2, 0.25) is 0 Å². The molecule has 0 unspecified atom stereocenters. The Morgan fingerprint density at radius 1 is 0.968 bits per heavy atom. The van der Waals surface area contributed by atoms with Gasteiger partial charge < -0.3 is 20.0 Å². The fraction of sp³-hybridized carbons (Fsp3) is 0.200. The highest BCUT2D eigenvalue weighted by atomic mass is 19.1. The molecular weight excluding hydrogens is 397 g/mol. The number of hydrogen-bond donors (Lipinski definition) is 1. The molecule has 0 aromatic heterocycles. The molecule has 1 amide bonds. The second kappa shape index (κ2) is 9.00. The van der Waals surface area contributed by atoms with E-state index in [1.54, 1.807) is 6.07 Å². The standard InChI is InChI=1S/C25H22FNO4/c26-17-7-5-6-16(12-17)13-18(14-24(28)29)27-25(30)31-15-23-21-10-3-1-8-19(21)20-9-2-4-11-22(20)23/h1-12,18,23H,13-15H2,(H,27,30)(H,28,29)/p-1/t18-/m0/s1. The summed E-state index contributed by atoms with van der Waals surface area (Å²) < 4.78 is 18.9. The van der Waals surface area contributed by atoms with Crippen molar-refractivity contribution in [3.05, 3.63) is 95.3 Å². The summed E-state index contributed by atoms with van der Waals surface area (Å²) in [6.45, 7) is 0.123. The number of amides is 1. The molecule has 1 aliphatic rings. The Morgan fingerprint density at radius 2 is 1.61 bits per heavy atom. The van der Waals surface area contributed by atoms with Crippen LogP contribution in [0.1, 0.15) is 29.0 Å². The van der Waals surface area contributed by atoms with Gasteiger partial charge in [-0.05, 0) is 46.4 Å². The number of rotatable bonds is 7. The van der Waals surface area contributed by atoms with Gasteiger partial charge in [0.25, 0.3) is 0 Å². The van der Waals surface area contributed by atoms with Gasteiger partial charge in [0.2, 0.25) is 0 Å². The van der Waals surface area contributed by atoms with E-state index in [2.05, 4.69) is 5.32 Å². The van der Waals surface area contributed by atoms with Crippen molar-refractivity contribution < 1.29 is 23.8 Å². The van der Waals surface area contributed by atoms with E-state index in [0.717, 1.165) is 22.3 Å². The van der Waals surface area contributed by atoms with Crippen LogP contribution >= 0.6 is 0 Å². The van der Waals surface area contributed by atoms with E-state index in [0.29, 0.717) is 5.56 Å². The summed E-state index contributed by atoms with van der Waals surface area (Å²) in [5.74, 6) is -1.83. The number of halogens is 1. The molecule has 5 nitrogen and oxygen atoms in total. The number of carbonyl (C=O) groups excluding carboxylic acids is 2. The summed E-state index contributed by atoms with van der Waals surface area (Å²) >= 11 is 0. The molecule has 6 heteroatoms. The minimum atomic E-state index is -1.31. The molecule has 0 radical (unpaired) electrons. The number of hydrogen-bond acceptors (Lipinski definition) is 4. The van der Waals surface area contributed by atoms with E-state index in [1.807, 2.05) is 48.5 Å². The summed E-state index contributed by atoms with van der Waals surface area (Å²) in [5, 5.41) is 13.7. The summed E-state index contributed by atoms with van der Waals surface area (Å²) in [6, 6.07) is 21.0. The van der Waals surface area contributed by atoms with Gasteiger partial charge in [0.15, 0.2) is 0 Å². The molecule has 3 aromatic rings. The number of aliphatic carboxylic acids is 1. The molecule has 4 rings (SSSR count). The first-order valence-electron chi connectivity index (χ1n) is 10.1. The Morgan fingerprint density at radius 3 is 2.23 bits per heavy atom. The lowest BCUT2D eigenvalue weighted by atomic mass is 9.98. The Balaban J connectivity index is 1.43. The molecule has 0 fully saturated rings. The first-order chi connectivity index (χ1) is 15.0. The average Bonchev–Trinajstić information content (AvgIpc) is 3.06. The third-order valence-corrected chi connectivity index (χ3v) is 5.45. The first-order valence-corrected chi connectivity index (χ1v) is 10.1. The summed E-state index contributed by atoms with van der Waals surface area (Å²) in [7, 11) is 0. The summed E-state index contributed by atoms with van der Waals surface area (Å²) in [6.07, 6.45) is -0.971. The van der Waals surface area contributed by atoms with Gasteiger partial charge in [0, 0.05) is 24.3 Å². The topological polar surface area (TPSA) is 78.5 Å². The van der Waals surface area contributed by atoms with Crippen LogP contribution in [0.5, 0.6) is 0 Å². The van der Waals surface area contributed by atoms with Crippen LogP contribution in [0.4, 0.5) is 9.18 Å². The van der Waals surface area contributed by atoms with Crippen molar-refractivity contribution in [3.8, 4) is 11.1 Å². The van der Waals surface area contributed by atoms with Crippen molar-refractivity contribution in [1.82, 2.24) is 5.32 Å². The van der Waals surface area contributed by atoms with Crippen LogP contribution < -0.4 is 10.4 Å². The molecule has 3 aromatic carbocycles. The van der Waals surface area contributed by atoms with Gasteiger partial charge in [-0.3, -0.25) is 0 Å².